The van der Waals surface area contributed by atoms with Gasteiger partial charge >= 0.3 is 0 Å². The van der Waals surface area contributed by atoms with Crippen LogP contribution in [0.3, 0.4) is 0 Å². The van der Waals surface area contributed by atoms with Gasteiger partial charge in [0, 0.05) is 23.2 Å². The van der Waals surface area contributed by atoms with E-state index < -0.39 is 11.9 Å². The van der Waals surface area contributed by atoms with E-state index in [2.05, 4.69) is 5.32 Å². The maximum absolute atomic E-state index is 14.3. The highest BCUT2D eigenvalue weighted by Crippen LogP contribution is 2.23. The standard InChI is InChI=1S/C24H30ClFN2O3/c1-5-16(3)27-24(30)22(6-2)28(15-17-9-7-10-18(13-17)31-4)23(29)14-19-20(25)11-8-12-21(19)26/h7-13,16,22H,5-6,14-15H2,1-4H3,(H,27,30). The third kappa shape index (κ3) is 6.69. The van der Waals surface area contributed by atoms with Gasteiger partial charge < -0.3 is 15.0 Å². The number of hydrogen-bond acceptors (Lipinski definition) is 3. The smallest absolute Gasteiger partial charge is 0.243 e. The van der Waals surface area contributed by atoms with E-state index in [-0.39, 0.29) is 41.4 Å². The normalized spacial score (nSPS) is 12.7. The Morgan fingerprint density at radius 2 is 1.87 bits per heavy atom. The molecule has 2 aromatic rings. The lowest BCUT2D eigenvalue weighted by Gasteiger charge is -2.31. The van der Waals surface area contributed by atoms with Crippen molar-refractivity contribution in [3.8, 4) is 5.75 Å². The van der Waals surface area contributed by atoms with E-state index in [0.717, 1.165) is 12.0 Å². The molecule has 2 aromatic carbocycles. The number of amides is 2. The molecular formula is C24H30ClFN2O3. The molecule has 0 bridgehead atoms. The third-order valence-electron chi connectivity index (χ3n) is 5.26. The van der Waals surface area contributed by atoms with Crippen LogP contribution in [-0.4, -0.2) is 35.9 Å². The Morgan fingerprint density at radius 3 is 2.48 bits per heavy atom. The molecule has 0 heterocycles. The average molecular weight is 449 g/mol. The fourth-order valence-electron chi connectivity index (χ4n) is 3.28. The van der Waals surface area contributed by atoms with Crippen LogP contribution in [0.2, 0.25) is 5.02 Å². The second-order valence-electron chi connectivity index (χ2n) is 7.49. The van der Waals surface area contributed by atoms with Crippen LogP contribution in [0.5, 0.6) is 5.75 Å². The van der Waals surface area contributed by atoms with E-state index in [4.69, 9.17) is 16.3 Å². The van der Waals surface area contributed by atoms with E-state index in [9.17, 15) is 14.0 Å². The van der Waals surface area contributed by atoms with Crippen molar-refractivity contribution in [1.29, 1.82) is 0 Å². The molecule has 168 valence electrons. The zero-order valence-electron chi connectivity index (χ0n) is 18.5. The lowest BCUT2D eigenvalue weighted by molar-refractivity contribution is -0.141. The fourth-order valence-corrected chi connectivity index (χ4v) is 3.51. The molecule has 0 saturated carbocycles. The number of carbonyl (C=O) groups excluding carboxylic acids is 2. The van der Waals surface area contributed by atoms with Gasteiger partial charge in [-0.1, -0.05) is 43.6 Å². The van der Waals surface area contributed by atoms with Crippen LogP contribution in [-0.2, 0) is 22.6 Å². The molecule has 0 radical (unpaired) electrons. The summed E-state index contributed by atoms with van der Waals surface area (Å²) in [5.74, 6) is -0.493. The zero-order valence-corrected chi connectivity index (χ0v) is 19.2. The minimum absolute atomic E-state index is 0.0173. The highest BCUT2D eigenvalue weighted by Gasteiger charge is 2.30. The first-order chi connectivity index (χ1) is 14.8. The molecule has 5 nitrogen and oxygen atoms in total. The van der Waals surface area contributed by atoms with Gasteiger partial charge in [-0.25, -0.2) is 4.39 Å². The van der Waals surface area contributed by atoms with Gasteiger partial charge in [0.15, 0.2) is 0 Å². The van der Waals surface area contributed by atoms with Crippen LogP contribution < -0.4 is 10.1 Å². The molecule has 2 unspecified atom stereocenters. The monoisotopic (exact) mass is 448 g/mol. The molecule has 0 aliphatic rings. The van der Waals surface area contributed by atoms with E-state index in [1.807, 2.05) is 45.0 Å². The van der Waals surface area contributed by atoms with Crippen molar-refractivity contribution < 1.29 is 18.7 Å². The van der Waals surface area contributed by atoms with Gasteiger partial charge in [-0.3, -0.25) is 9.59 Å². The molecule has 7 heteroatoms. The molecule has 2 amide bonds. The minimum Gasteiger partial charge on any atom is -0.497 e. The maximum atomic E-state index is 14.3. The maximum Gasteiger partial charge on any atom is 0.243 e. The van der Waals surface area contributed by atoms with Crippen molar-refractivity contribution in [3.05, 3.63) is 64.4 Å². The van der Waals surface area contributed by atoms with Gasteiger partial charge in [0.25, 0.3) is 0 Å². The number of hydrogen-bond donors (Lipinski definition) is 1. The van der Waals surface area contributed by atoms with Gasteiger partial charge in [0.1, 0.15) is 17.6 Å². The topological polar surface area (TPSA) is 58.6 Å². The Morgan fingerprint density at radius 1 is 1.16 bits per heavy atom. The largest absolute Gasteiger partial charge is 0.497 e. The minimum atomic E-state index is -0.696. The number of ether oxygens (including phenoxy) is 1. The molecule has 2 rings (SSSR count). The van der Waals surface area contributed by atoms with Crippen LogP contribution in [0.1, 0.15) is 44.7 Å². The van der Waals surface area contributed by atoms with Crippen molar-refractivity contribution in [2.75, 3.05) is 7.11 Å². The van der Waals surface area contributed by atoms with Crippen molar-refractivity contribution in [2.45, 2.75) is 58.7 Å². The first-order valence-corrected chi connectivity index (χ1v) is 10.8. The molecule has 2 atom stereocenters. The second-order valence-corrected chi connectivity index (χ2v) is 7.90. The van der Waals surface area contributed by atoms with Gasteiger partial charge in [0.05, 0.1) is 13.5 Å². The Labute approximate surface area is 188 Å². The average Bonchev–Trinajstić information content (AvgIpc) is 2.76. The summed E-state index contributed by atoms with van der Waals surface area (Å²) in [5, 5.41) is 3.14. The summed E-state index contributed by atoms with van der Waals surface area (Å²) < 4.78 is 19.6. The second kappa shape index (κ2) is 11.7. The molecule has 0 spiro atoms. The number of nitrogens with one attached hydrogen (secondary N) is 1. The SMILES string of the molecule is CCC(C)NC(=O)C(CC)N(Cc1cccc(OC)c1)C(=O)Cc1c(F)cccc1Cl. The first kappa shape index (κ1) is 24.7. The van der Waals surface area contributed by atoms with Crippen molar-refractivity contribution >= 4 is 23.4 Å². The van der Waals surface area contributed by atoms with Crippen molar-refractivity contribution in [1.82, 2.24) is 10.2 Å². The quantitative estimate of drug-likeness (QED) is 0.570. The Balaban J connectivity index is 2.37. The van der Waals surface area contributed by atoms with Crippen LogP contribution >= 0.6 is 11.6 Å². The van der Waals surface area contributed by atoms with Crippen LogP contribution in [0, 0.1) is 5.82 Å². The van der Waals surface area contributed by atoms with E-state index in [0.29, 0.717) is 12.2 Å². The van der Waals surface area contributed by atoms with Crippen LogP contribution in [0.4, 0.5) is 4.39 Å². The first-order valence-electron chi connectivity index (χ1n) is 10.5. The number of nitrogens with zero attached hydrogens (tertiary/aromatic N) is 1. The van der Waals surface area contributed by atoms with Crippen molar-refractivity contribution in [2.24, 2.45) is 0 Å². The summed E-state index contributed by atoms with van der Waals surface area (Å²) in [6, 6.07) is 10.9. The van der Waals surface area contributed by atoms with E-state index in [1.54, 1.807) is 13.2 Å². The molecule has 0 aromatic heterocycles. The molecule has 31 heavy (non-hydrogen) atoms. The highest BCUT2D eigenvalue weighted by atomic mass is 35.5. The summed E-state index contributed by atoms with van der Waals surface area (Å²) in [5.41, 5.74) is 0.934. The summed E-state index contributed by atoms with van der Waals surface area (Å²) in [6.07, 6.45) is 0.961. The lowest BCUT2D eigenvalue weighted by atomic mass is 10.1. The number of carbonyl (C=O) groups is 2. The predicted molar refractivity (Wildman–Crippen MR) is 121 cm³/mol. The van der Waals surface area contributed by atoms with Crippen LogP contribution in [0.15, 0.2) is 42.5 Å². The molecule has 0 aliphatic carbocycles. The molecular weight excluding hydrogens is 419 g/mol. The van der Waals surface area contributed by atoms with E-state index >= 15 is 0 Å². The van der Waals surface area contributed by atoms with Gasteiger partial charge in [-0.2, -0.15) is 0 Å². The highest BCUT2D eigenvalue weighted by molar-refractivity contribution is 6.31. The Kier molecular flexibility index (Phi) is 9.31. The Bertz CT molecular complexity index is 886. The lowest BCUT2D eigenvalue weighted by Crippen LogP contribution is -2.51. The number of halogens is 2. The zero-order chi connectivity index (χ0) is 23.0. The van der Waals surface area contributed by atoms with E-state index in [1.165, 1.54) is 17.0 Å². The number of rotatable bonds is 10. The molecule has 0 aliphatic heterocycles. The summed E-state index contributed by atoms with van der Waals surface area (Å²) in [4.78, 5) is 27.8. The number of methoxy groups -OCH3 is 1. The van der Waals surface area contributed by atoms with Crippen molar-refractivity contribution in [3.63, 3.8) is 0 Å². The summed E-state index contributed by atoms with van der Waals surface area (Å²) in [6.45, 7) is 5.93. The molecule has 0 fully saturated rings. The van der Waals surface area contributed by atoms with Gasteiger partial charge in [-0.05, 0) is 49.6 Å². The predicted octanol–water partition coefficient (Wildman–Crippen LogP) is 4.75. The summed E-state index contributed by atoms with van der Waals surface area (Å²) in [7, 11) is 1.57. The van der Waals surface area contributed by atoms with Gasteiger partial charge in [-0.15, -0.1) is 0 Å². The number of benzene rings is 2. The fraction of sp³-hybridized carbons (Fsp3) is 0.417. The molecule has 0 saturated heterocycles. The Hall–Kier alpha value is -2.60. The third-order valence-corrected chi connectivity index (χ3v) is 5.62. The molecule has 1 N–H and O–H groups in total. The van der Waals surface area contributed by atoms with Crippen LogP contribution in [0.25, 0.3) is 0 Å². The van der Waals surface area contributed by atoms with Gasteiger partial charge in [0.2, 0.25) is 11.8 Å². The summed E-state index contributed by atoms with van der Waals surface area (Å²) >= 11 is 6.14.